The van der Waals surface area contributed by atoms with Crippen LogP contribution in [0.3, 0.4) is 0 Å². The van der Waals surface area contributed by atoms with Gasteiger partial charge in [-0.2, -0.15) is 0 Å². The van der Waals surface area contributed by atoms with Crippen LogP contribution in [0.5, 0.6) is 0 Å². The molecule has 24 heavy (non-hydrogen) atoms. The minimum Gasteiger partial charge on any atom is -0.433 e. The summed E-state index contributed by atoms with van der Waals surface area (Å²) in [4.78, 5) is 2.64. The molecular weight excluding hydrogens is 298 g/mol. The number of furan rings is 2. The Balaban J connectivity index is 1.78. The number of hydrogen-bond donors (Lipinski definition) is 0. The smallest absolute Gasteiger partial charge is 0.297 e. The van der Waals surface area contributed by atoms with Crippen LogP contribution in [-0.2, 0) is 5.54 Å². The standard InChI is InChI=1S/C21H23NO2/c1-14-8-4-5-9-17(14)22-15(2)19-18(16-10-13-23-20(16)24-19)21(22)11-6-3-7-12-21/h4-5,8-10,13,15H,3,6-7,11-12H2,1-2H3/t15-/m0/s1. The Morgan fingerprint density at radius 3 is 2.67 bits per heavy atom. The molecule has 2 aromatic heterocycles. The molecule has 1 aliphatic heterocycles. The average molecular weight is 321 g/mol. The largest absolute Gasteiger partial charge is 0.433 e. The first-order valence-electron chi connectivity index (χ1n) is 9.08. The van der Waals surface area contributed by atoms with Crippen molar-refractivity contribution in [3.63, 3.8) is 0 Å². The zero-order valence-electron chi connectivity index (χ0n) is 14.3. The van der Waals surface area contributed by atoms with Crippen molar-refractivity contribution in [3.8, 4) is 0 Å². The fraction of sp³-hybridized carbons (Fsp3) is 0.429. The lowest BCUT2D eigenvalue weighted by atomic mass is 9.76. The van der Waals surface area contributed by atoms with Gasteiger partial charge in [-0.3, -0.25) is 0 Å². The Bertz CT molecular complexity index is 898. The van der Waals surface area contributed by atoms with Crippen LogP contribution in [0, 0.1) is 6.92 Å². The molecule has 0 N–H and O–H groups in total. The van der Waals surface area contributed by atoms with Crippen molar-refractivity contribution in [2.45, 2.75) is 57.5 Å². The highest BCUT2D eigenvalue weighted by molar-refractivity contribution is 5.83. The van der Waals surface area contributed by atoms with E-state index in [1.165, 1.54) is 54.3 Å². The number of fused-ring (bicyclic) bond motifs is 4. The number of aryl methyl sites for hydroxylation is 1. The monoisotopic (exact) mass is 321 g/mol. The zero-order chi connectivity index (χ0) is 16.3. The van der Waals surface area contributed by atoms with Crippen LogP contribution in [0.15, 0.2) is 45.4 Å². The summed E-state index contributed by atoms with van der Waals surface area (Å²) >= 11 is 0. The topological polar surface area (TPSA) is 29.5 Å². The fourth-order valence-corrected chi connectivity index (χ4v) is 5.13. The van der Waals surface area contributed by atoms with Gasteiger partial charge >= 0.3 is 0 Å². The van der Waals surface area contributed by atoms with Gasteiger partial charge in [0.1, 0.15) is 5.76 Å². The van der Waals surface area contributed by atoms with Gasteiger partial charge in [0.2, 0.25) is 0 Å². The van der Waals surface area contributed by atoms with E-state index in [1.54, 1.807) is 6.26 Å². The molecule has 0 bridgehead atoms. The van der Waals surface area contributed by atoms with Crippen LogP contribution < -0.4 is 4.90 Å². The third kappa shape index (κ3) is 1.68. The molecule has 1 aromatic carbocycles. The quantitative estimate of drug-likeness (QED) is 0.544. The highest BCUT2D eigenvalue weighted by atomic mass is 16.5. The molecule has 1 saturated carbocycles. The summed E-state index contributed by atoms with van der Waals surface area (Å²) in [5.41, 5.74) is 4.12. The molecule has 0 unspecified atom stereocenters. The van der Waals surface area contributed by atoms with Gasteiger partial charge < -0.3 is 13.7 Å². The first-order chi connectivity index (χ1) is 11.7. The molecule has 3 nitrogen and oxygen atoms in total. The lowest BCUT2D eigenvalue weighted by Gasteiger charge is -2.45. The van der Waals surface area contributed by atoms with Gasteiger partial charge in [0.05, 0.1) is 23.2 Å². The van der Waals surface area contributed by atoms with Crippen molar-refractivity contribution in [2.75, 3.05) is 4.90 Å². The highest BCUT2D eigenvalue weighted by Crippen LogP contribution is 2.58. The van der Waals surface area contributed by atoms with Crippen molar-refractivity contribution < 1.29 is 8.83 Å². The Labute approximate surface area is 142 Å². The summed E-state index contributed by atoms with van der Waals surface area (Å²) in [7, 11) is 0. The lowest BCUT2D eigenvalue weighted by Crippen LogP contribution is -2.44. The minimum atomic E-state index is 0.0498. The predicted molar refractivity (Wildman–Crippen MR) is 95.3 cm³/mol. The van der Waals surface area contributed by atoms with E-state index in [2.05, 4.69) is 49.1 Å². The Hall–Kier alpha value is -2.16. The van der Waals surface area contributed by atoms with Crippen molar-refractivity contribution in [1.29, 1.82) is 0 Å². The predicted octanol–water partition coefficient (Wildman–Crippen LogP) is 6.07. The van der Waals surface area contributed by atoms with E-state index in [1.807, 2.05) is 0 Å². The number of para-hydroxylation sites is 1. The summed E-state index contributed by atoms with van der Waals surface area (Å²) in [6.07, 6.45) is 8.03. The summed E-state index contributed by atoms with van der Waals surface area (Å²) in [6, 6.07) is 11.1. The van der Waals surface area contributed by atoms with Crippen molar-refractivity contribution >= 4 is 16.9 Å². The second-order valence-corrected chi connectivity index (χ2v) is 7.39. The van der Waals surface area contributed by atoms with E-state index in [0.717, 1.165) is 5.76 Å². The van der Waals surface area contributed by atoms with Gasteiger partial charge in [-0.15, -0.1) is 0 Å². The van der Waals surface area contributed by atoms with E-state index in [-0.39, 0.29) is 11.6 Å². The molecule has 0 saturated heterocycles. The summed E-state index contributed by atoms with van der Waals surface area (Å²) in [5.74, 6) is 1.80. The van der Waals surface area contributed by atoms with Crippen LogP contribution in [0.25, 0.3) is 11.2 Å². The maximum Gasteiger partial charge on any atom is 0.297 e. The van der Waals surface area contributed by atoms with Crippen LogP contribution >= 0.6 is 0 Å². The maximum absolute atomic E-state index is 6.17. The molecule has 0 amide bonds. The van der Waals surface area contributed by atoms with Gasteiger partial charge in [-0.1, -0.05) is 37.5 Å². The van der Waals surface area contributed by atoms with Crippen LogP contribution in [0.1, 0.15) is 62.0 Å². The highest BCUT2D eigenvalue weighted by Gasteiger charge is 2.53. The van der Waals surface area contributed by atoms with Crippen molar-refractivity contribution in [3.05, 3.63) is 53.5 Å². The maximum atomic E-state index is 6.17. The first-order valence-corrected chi connectivity index (χ1v) is 9.08. The molecule has 1 spiro atoms. The van der Waals surface area contributed by atoms with E-state index in [0.29, 0.717) is 5.78 Å². The second-order valence-electron chi connectivity index (χ2n) is 7.39. The van der Waals surface area contributed by atoms with Crippen LogP contribution in [-0.4, -0.2) is 0 Å². The SMILES string of the molecule is Cc1ccccc1N1[C@@H](C)c2oc3occc3c2C12CCCCC2. The average Bonchev–Trinajstić information content (AvgIpc) is 3.22. The normalized spacial score (nSPS) is 22.4. The van der Waals surface area contributed by atoms with Gasteiger partial charge in [-0.25, -0.2) is 0 Å². The second kappa shape index (κ2) is 4.92. The Morgan fingerprint density at radius 2 is 1.88 bits per heavy atom. The van der Waals surface area contributed by atoms with Gasteiger partial charge in [0.15, 0.2) is 0 Å². The molecular formula is C21H23NO2. The number of hydrogen-bond acceptors (Lipinski definition) is 3. The summed E-state index contributed by atoms with van der Waals surface area (Å²) < 4.78 is 11.8. The fourth-order valence-electron chi connectivity index (χ4n) is 5.13. The van der Waals surface area contributed by atoms with E-state index in [4.69, 9.17) is 8.83 Å². The summed E-state index contributed by atoms with van der Waals surface area (Å²) in [6.45, 7) is 4.49. The molecule has 3 heteroatoms. The molecule has 5 rings (SSSR count). The Morgan fingerprint density at radius 1 is 1.08 bits per heavy atom. The lowest BCUT2D eigenvalue weighted by molar-refractivity contribution is 0.284. The van der Waals surface area contributed by atoms with Crippen molar-refractivity contribution in [2.24, 2.45) is 0 Å². The van der Waals surface area contributed by atoms with Crippen LogP contribution in [0.2, 0.25) is 0 Å². The Kier molecular flexibility index (Phi) is 2.91. The molecule has 3 heterocycles. The number of anilines is 1. The van der Waals surface area contributed by atoms with Crippen molar-refractivity contribution in [1.82, 2.24) is 0 Å². The molecule has 124 valence electrons. The van der Waals surface area contributed by atoms with Gasteiger partial charge in [-0.05, 0) is 44.4 Å². The summed E-state index contributed by atoms with van der Waals surface area (Å²) in [5, 5.41) is 1.18. The molecule has 1 fully saturated rings. The van der Waals surface area contributed by atoms with Gasteiger partial charge in [0, 0.05) is 11.3 Å². The molecule has 1 aliphatic carbocycles. The molecule has 3 aromatic rings. The molecule has 1 atom stereocenters. The van der Waals surface area contributed by atoms with E-state index < -0.39 is 0 Å². The van der Waals surface area contributed by atoms with Crippen LogP contribution in [0.4, 0.5) is 5.69 Å². The molecule has 0 radical (unpaired) electrons. The third-order valence-corrected chi connectivity index (χ3v) is 6.10. The number of rotatable bonds is 1. The minimum absolute atomic E-state index is 0.0498. The number of nitrogens with zero attached hydrogens (tertiary/aromatic N) is 1. The van der Waals surface area contributed by atoms with Gasteiger partial charge in [0.25, 0.3) is 5.78 Å². The number of benzene rings is 1. The first kappa shape index (κ1) is 14.2. The zero-order valence-corrected chi connectivity index (χ0v) is 14.3. The van der Waals surface area contributed by atoms with E-state index in [9.17, 15) is 0 Å². The molecule has 2 aliphatic rings. The van der Waals surface area contributed by atoms with E-state index >= 15 is 0 Å². The third-order valence-electron chi connectivity index (χ3n) is 6.10.